The Hall–Kier alpha value is -1.22. The van der Waals surface area contributed by atoms with Crippen molar-refractivity contribution in [2.45, 2.75) is 12.1 Å². The van der Waals surface area contributed by atoms with Gasteiger partial charge in [0.2, 0.25) is 0 Å². The van der Waals surface area contributed by atoms with Crippen molar-refractivity contribution in [1.29, 1.82) is 0 Å². The molecule has 0 saturated heterocycles. The molecule has 1 aromatic carbocycles. The first kappa shape index (κ1) is 14.8. The third-order valence-electron chi connectivity index (χ3n) is 1.66. The molecule has 0 aliphatic heterocycles. The molecule has 0 N–H and O–H groups in total. The van der Waals surface area contributed by atoms with E-state index in [4.69, 9.17) is 0 Å². The molecule has 0 heterocycles. The molecule has 0 aromatic heterocycles. The maximum Gasteiger partial charge on any atom is 0.455 e. The predicted octanol–water partition coefficient (Wildman–Crippen LogP) is 2.86. The van der Waals surface area contributed by atoms with Crippen molar-refractivity contribution < 1.29 is 34.5 Å². The van der Waals surface area contributed by atoms with Gasteiger partial charge >= 0.3 is 23.5 Å². The minimum Gasteiger partial charge on any atom is -0.380 e. The molecule has 0 spiro atoms. The maximum absolute atomic E-state index is 12.4. The molecule has 0 aliphatic carbocycles. The summed E-state index contributed by atoms with van der Waals surface area (Å²) < 4.78 is 79.2. The van der Waals surface area contributed by atoms with Gasteiger partial charge in [0.25, 0.3) is 0 Å². The van der Waals surface area contributed by atoms with Crippen molar-refractivity contribution in [3.05, 3.63) is 30.3 Å². The number of para-hydroxylation sites is 1. The standard InChI is InChI=1S/C9H7F5O3S/c10-8(11,9(12,13)14)6-16-18(15)17-7-4-2-1-3-5-7/h1-5H,6H2. The van der Waals surface area contributed by atoms with Crippen LogP contribution in [0.25, 0.3) is 0 Å². The smallest absolute Gasteiger partial charge is 0.380 e. The number of alkyl halides is 5. The van der Waals surface area contributed by atoms with E-state index in [9.17, 15) is 26.2 Å². The molecule has 0 radical (unpaired) electrons. The van der Waals surface area contributed by atoms with Crippen molar-refractivity contribution in [3.8, 4) is 5.75 Å². The maximum atomic E-state index is 12.4. The van der Waals surface area contributed by atoms with Gasteiger partial charge < -0.3 is 4.18 Å². The van der Waals surface area contributed by atoms with E-state index < -0.39 is 30.1 Å². The Balaban J connectivity index is 2.48. The largest absolute Gasteiger partial charge is 0.455 e. The van der Waals surface area contributed by atoms with Crippen molar-refractivity contribution in [2.75, 3.05) is 6.61 Å². The first-order valence-electron chi connectivity index (χ1n) is 4.45. The SMILES string of the molecule is O=S(OCC(F)(F)C(F)(F)F)Oc1ccccc1. The average molecular weight is 290 g/mol. The second kappa shape index (κ2) is 5.61. The molecular weight excluding hydrogens is 283 g/mol. The van der Waals surface area contributed by atoms with Gasteiger partial charge in [-0.3, -0.25) is 4.18 Å². The molecule has 0 bridgehead atoms. The van der Waals surface area contributed by atoms with E-state index in [0.717, 1.165) is 0 Å². The minimum absolute atomic E-state index is 0.0196. The normalized spacial score (nSPS) is 14.3. The van der Waals surface area contributed by atoms with Crippen LogP contribution in [0.4, 0.5) is 22.0 Å². The van der Waals surface area contributed by atoms with Gasteiger partial charge in [-0.15, -0.1) is 0 Å². The van der Waals surface area contributed by atoms with Crippen molar-refractivity contribution in [3.63, 3.8) is 0 Å². The first-order valence-corrected chi connectivity index (χ1v) is 5.45. The molecule has 1 rings (SSSR count). The second-order valence-electron chi connectivity index (χ2n) is 3.06. The molecule has 102 valence electrons. The zero-order valence-electron chi connectivity index (χ0n) is 8.62. The Morgan fingerprint density at radius 2 is 1.61 bits per heavy atom. The number of benzene rings is 1. The highest BCUT2D eigenvalue weighted by molar-refractivity contribution is 7.75. The highest BCUT2D eigenvalue weighted by atomic mass is 32.2. The highest BCUT2D eigenvalue weighted by Gasteiger charge is 2.58. The summed E-state index contributed by atoms with van der Waals surface area (Å²) in [4.78, 5) is 0. The summed E-state index contributed by atoms with van der Waals surface area (Å²) >= 11 is -2.73. The fourth-order valence-electron chi connectivity index (χ4n) is 0.783. The monoisotopic (exact) mass is 290 g/mol. The number of hydrogen-bond donors (Lipinski definition) is 0. The van der Waals surface area contributed by atoms with E-state index in [1.54, 1.807) is 6.07 Å². The van der Waals surface area contributed by atoms with Crippen molar-refractivity contribution in [2.24, 2.45) is 0 Å². The summed E-state index contributed by atoms with van der Waals surface area (Å²) in [7, 11) is 0. The van der Waals surface area contributed by atoms with E-state index in [2.05, 4.69) is 8.37 Å². The van der Waals surface area contributed by atoms with E-state index in [1.807, 2.05) is 0 Å². The van der Waals surface area contributed by atoms with Crippen LogP contribution in [0.5, 0.6) is 5.75 Å². The fraction of sp³-hybridized carbons (Fsp3) is 0.333. The van der Waals surface area contributed by atoms with E-state index >= 15 is 0 Å². The zero-order valence-corrected chi connectivity index (χ0v) is 9.43. The van der Waals surface area contributed by atoms with Crippen LogP contribution in [0.3, 0.4) is 0 Å². The molecule has 3 nitrogen and oxygen atoms in total. The molecule has 0 saturated carbocycles. The Labute approximate surface area is 101 Å². The average Bonchev–Trinajstić information content (AvgIpc) is 2.26. The third-order valence-corrected chi connectivity index (χ3v) is 2.30. The molecule has 0 aliphatic rings. The molecule has 18 heavy (non-hydrogen) atoms. The van der Waals surface area contributed by atoms with Gasteiger partial charge in [-0.05, 0) is 12.1 Å². The lowest BCUT2D eigenvalue weighted by molar-refractivity contribution is -0.289. The van der Waals surface area contributed by atoms with Gasteiger partial charge in [-0.25, -0.2) is 0 Å². The van der Waals surface area contributed by atoms with E-state index in [0.29, 0.717) is 0 Å². The van der Waals surface area contributed by atoms with Gasteiger partial charge in [0, 0.05) is 0 Å². The summed E-state index contributed by atoms with van der Waals surface area (Å²) in [5.74, 6) is -5.06. The Bertz CT molecular complexity index is 406. The summed E-state index contributed by atoms with van der Waals surface area (Å²) in [6, 6.07) is 7.27. The van der Waals surface area contributed by atoms with Crippen LogP contribution in [0.2, 0.25) is 0 Å². The quantitative estimate of drug-likeness (QED) is 0.782. The van der Waals surface area contributed by atoms with Crippen molar-refractivity contribution in [1.82, 2.24) is 0 Å². The molecule has 9 heteroatoms. The van der Waals surface area contributed by atoms with Crippen LogP contribution >= 0.6 is 0 Å². The van der Waals surface area contributed by atoms with Gasteiger partial charge in [-0.2, -0.15) is 26.2 Å². The number of hydrogen-bond acceptors (Lipinski definition) is 3. The van der Waals surface area contributed by atoms with E-state index in [-0.39, 0.29) is 5.75 Å². The van der Waals surface area contributed by atoms with Crippen LogP contribution in [0, 0.1) is 0 Å². The van der Waals surface area contributed by atoms with Crippen LogP contribution in [-0.2, 0) is 15.5 Å². The second-order valence-corrected chi connectivity index (χ2v) is 3.88. The highest BCUT2D eigenvalue weighted by Crippen LogP contribution is 2.35. The third kappa shape index (κ3) is 4.22. The zero-order chi connectivity index (χ0) is 13.8. The van der Waals surface area contributed by atoms with Crippen LogP contribution < -0.4 is 4.18 Å². The Morgan fingerprint density at radius 3 is 2.11 bits per heavy atom. The summed E-state index contributed by atoms with van der Waals surface area (Å²) in [6.07, 6.45) is -5.76. The molecule has 0 fully saturated rings. The van der Waals surface area contributed by atoms with Gasteiger partial charge in [-0.1, -0.05) is 18.2 Å². The lowest BCUT2D eigenvalue weighted by Crippen LogP contribution is -2.41. The van der Waals surface area contributed by atoms with Gasteiger partial charge in [0.15, 0.2) is 0 Å². The van der Waals surface area contributed by atoms with Gasteiger partial charge in [0.05, 0.1) is 0 Å². The number of rotatable bonds is 5. The minimum atomic E-state index is -5.76. The lowest BCUT2D eigenvalue weighted by atomic mass is 10.3. The first-order chi connectivity index (χ1) is 8.22. The van der Waals surface area contributed by atoms with Gasteiger partial charge in [0.1, 0.15) is 12.4 Å². The molecular formula is C9H7F5O3S. The molecule has 0 amide bonds. The van der Waals surface area contributed by atoms with Crippen molar-refractivity contribution >= 4 is 11.4 Å². The molecule has 1 atom stereocenters. The Morgan fingerprint density at radius 1 is 1.06 bits per heavy atom. The fourth-order valence-corrected chi connectivity index (χ4v) is 1.34. The number of halogens is 5. The lowest BCUT2D eigenvalue weighted by Gasteiger charge is -2.18. The van der Waals surface area contributed by atoms with Crippen LogP contribution in [-0.4, -0.2) is 22.9 Å². The predicted molar refractivity (Wildman–Crippen MR) is 52.2 cm³/mol. The molecule has 1 unspecified atom stereocenters. The summed E-state index contributed by atoms with van der Waals surface area (Å²) in [5, 5.41) is 0. The van der Waals surface area contributed by atoms with Crippen LogP contribution in [0.15, 0.2) is 30.3 Å². The Kier molecular flexibility index (Phi) is 4.63. The van der Waals surface area contributed by atoms with E-state index in [1.165, 1.54) is 24.3 Å². The molecule has 1 aromatic rings. The topological polar surface area (TPSA) is 35.5 Å². The summed E-state index contributed by atoms with van der Waals surface area (Å²) in [6.45, 7) is -2.07. The van der Waals surface area contributed by atoms with Crippen LogP contribution in [0.1, 0.15) is 0 Å². The summed E-state index contributed by atoms with van der Waals surface area (Å²) in [5.41, 5.74) is 0.